The predicted molar refractivity (Wildman–Crippen MR) is 299 cm³/mol. The first-order chi connectivity index (χ1) is 34.8. The highest BCUT2D eigenvalue weighted by Gasteiger charge is 2.26. The minimum Gasteiger partial charge on any atom is -0.455 e. The number of rotatable bonds is 9. The molecule has 0 fully saturated rings. The van der Waals surface area contributed by atoms with Gasteiger partial charge >= 0.3 is 0 Å². The molecule has 0 saturated carbocycles. The van der Waals surface area contributed by atoms with Gasteiger partial charge in [0, 0.05) is 61.7 Å². The summed E-state index contributed by atoms with van der Waals surface area (Å²) in [6.45, 7) is 8.51. The summed E-state index contributed by atoms with van der Waals surface area (Å²) in [6, 6.07) is 80.8. The van der Waals surface area contributed by atoms with Gasteiger partial charge in [0.05, 0.1) is 11.1 Å². The molecule has 2 aromatic heterocycles. The van der Waals surface area contributed by atoms with Gasteiger partial charge in [-0.2, -0.15) is 0 Å². The molecule has 5 heteroatoms. The number of fused-ring (bicyclic) bond motifs is 9. The van der Waals surface area contributed by atoms with Gasteiger partial charge in [0.1, 0.15) is 16.7 Å². The van der Waals surface area contributed by atoms with Gasteiger partial charge in [0.25, 0.3) is 0 Å². The lowest BCUT2D eigenvalue weighted by Crippen LogP contribution is -2.10. The van der Waals surface area contributed by atoms with Gasteiger partial charge in [0.2, 0.25) is 0 Å². The van der Waals surface area contributed by atoms with Crippen LogP contribution in [0.5, 0.6) is 0 Å². The summed E-state index contributed by atoms with van der Waals surface area (Å²) in [5, 5.41) is 8.43. The summed E-state index contributed by atoms with van der Waals surface area (Å²) in [4.78, 5) is 6.95. The standard InChI is InChI=1S/C66H49N3O2/c1-42-15-25-52(26-16-42)67(53-27-17-43(2)18-28-53)56-33-23-46-37-58-59-41-61(69(50-11-7-5-8-12-50)51-13-9-6-10-14-51)66-64(65(59)70-62(58)39-48(46)35-56)60-38-47-24-34-57(36-49(47)40-63(60)71-66)68(54-29-19-44(3)20-30-54)55-31-21-45(4)22-32-55/h5-41H,1-4H3. The summed E-state index contributed by atoms with van der Waals surface area (Å²) in [5.74, 6) is 0. The van der Waals surface area contributed by atoms with Crippen LogP contribution in [0, 0.1) is 27.7 Å². The Morgan fingerprint density at radius 1 is 0.268 bits per heavy atom. The number of nitrogens with zero attached hydrogens (tertiary/aromatic N) is 3. The Morgan fingerprint density at radius 2 is 0.634 bits per heavy atom. The van der Waals surface area contributed by atoms with Crippen LogP contribution in [0.2, 0.25) is 0 Å². The highest BCUT2D eigenvalue weighted by atomic mass is 16.3. The van der Waals surface area contributed by atoms with E-state index < -0.39 is 0 Å². The molecule has 0 amide bonds. The van der Waals surface area contributed by atoms with Crippen molar-refractivity contribution in [3.05, 3.63) is 247 Å². The zero-order valence-corrected chi connectivity index (χ0v) is 40.0. The molecule has 0 saturated heterocycles. The molecule has 13 aromatic rings. The second kappa shape index (κ2) is 16.9. The summed E-state index contributed by atoms with van der Waals surface area (Å²) in [5.41, 5.74) is 17.6. The Balaban J connectivity index is 1.04. The molecule has 2 heterocycles. The van der Waals surface area contributed by atoms with Crippen LogP contribution in [0.1, 0.15) is 22.3 Å². The molecule has 71 heavy (non-hydrogen) atoms. The van der Waals surface area contributed by atoms with E-state index in [1.54, 1.807) is 0 Å². The number of anilines is 9. The number of aryl methyl sites for hydroxylation is 4. The van der Waals surface area contributed by atoms with Gasteiger partial charge in [-0.1, -0.05) is 119 Å². The fraction of sp³-hybridized carbons (Fsp3) is 0.0606. The number of benzene rings is 11. The molecule has 0 unspecified atom stereocenters. The molecule has 0 bridgehead atoms. The van der Waals surface area contributed by atoms with E-state index in [0.717, 1.165) is 117 Å². The number of hydrogen-bond acceptors (Lipinski definition) is 5. The van der Waals surface area contributed by atoms with Gasteiger partial charge in [0.15, 0.2) is 5.58 Å². The average Bonchev–Trinajstić information content (AvgIpc) is 3.95. The molecule has 0 aliphatic heterocycles. The average molecular weight is 916 g/mol. The van der Waals surface area contributed by atoms with Crippen LogP contribution in [0.3, 0.4) is 0 Å². The van der Waals surface area contributed by atoms with E-state index in [9.17, 15) is 0 Å². The van der Waals surface area contributed by atoms with Crippen molar-refractivity contribution in [3.8, 4) is 0 Å². The van der Waals surface area contributed by atoms with Crippen molar-refractivity contribution in [3.63, 3.8) is 0 Å². The van der Waals surface area contributed by atoms with Gasteiger partial charge < -0.3 is 23.5 Å². The topological polar surface area (TPSA) is 36.0 Å². The van der Waals surface area contributed by atoms with Crippen LogP contribution >= 0.6 is 0 Å². The number of hydrogen-bond donors (Lipinski definition) is 0. The second-order valence-corrected chi connectivity index (χ2v) is 19.0. The van der Waals surface area contributed by atoms with E-state index in [4.69, 9.17) is 8.83 Å². The zero-order valence-electron chi connectivity index (χ0n) is 40.0. The largest absolute Gasteiger partial charge is 0.455 e. The molecular weight excluding hydrogens is 867 g/mol. The van der Waals surface area contributed by atoms with E-state index in [2.05, 4.69) is 267 Å². The fourth-order valence-corrected chi connectivity index (χ4v) is 10.3. The van der Waals surface area contributed by atoms with E-state index in [0.29, 0.717) is 0 Å². The lowest BCUT2D eigenvalue weighted by molar-refractivity contribution is 0.663. The molecule has 0 spiro atoms. The van der Waals surface area contributed by atoms with Crippen LogP contribution in [-0.4, -0.2) is 0 Å². The van der Waals surface area contributed by atoms with Crippen molar-refractivity contribution in [1.29, 1.82) is 0 Å². The Morgan fingerprint density at radius 3 is 1.07 bits per heavy atom. The fourth-order valence-electron chi connectivity index (χ4n) is 10.3. The molecule has 0 aliphatic carbocycles. The van der Waals surface area contributed by atoms with Crippen LogP contribution in [0.15, 0.2) is 233 Å². The first kappa shape index (κ1) is 42.1. The Labute approximate surface area is 412 Å². The third-order valence-corrected chi connectivity index (χ3v) is 14.0. The third kappa shape index (κ3) is 7.42. The normalized spacial score (nSPS) is 11.7. The molecule has 13 rings (SSSR count). The third-order valence-electron chi connectivity index (χ3n) is 14.0. The van der Waals surface area contributed by atoms with Gasteiger partial charge in [-0.05, 0) is 177 Å². The number of furan rings is 2. The molecule has 11 aromatic carbocycles. The van der Waals surface area contributed by atoms with Gasteiger partial charge in [-0.15, -0.1) is 0 Å². The Kier molecular flexibility index (Phi) is 9.99. The Bertz CT molecular complexity index is 3990. The molecule has 340 valence electrons. The maximum Gasteiger partial charge on any atom is 0.163 e. The van der Waals surface area contributed by atoms with Crippen molar-refractivity contribution in [2.24, 2.45) is 0 Å². The molecular formula is C66H49N3O2. The quantitative estimate of drug-likeness (QED) is 0.144. The molecule has 5 nitrogen and oxygen atoms in total. The van der Waals surface area contributed by atoms with Gasteiger partial charge in [-0.3, -0.25) is 0 Å². The van der Waals surface area contributed by atoms with Crippen molar-refractivity contribution in [1.82, 2.24) is 0 Å². The van der Waals surface area contributed by atoms with E-state index in [1.165, 1.54) is 22.3 Å². The smallest absolute Gasteiger partial charge is 0.163 e. The van der Waals surface area contributed by atoms with Gasteiger partial charge in [-0.25, -0.2) is 0 Å². The highest BCUT2D eigenvalue weighted by Crippen LogP contribution is 2.49. The van der Waals surface area contributed by atoms with Crippen LogP contribution < -0.4 is 14.7 Å². The monoisotopic (exact) mass is 915 g/mol. The molecule has 0 radical (unpaired) electrons. The highest BCUT2D eigenvalue weighted by molar-refractivity contribution is 6.27. The lowest BCUT2D eigenvalue weighted by Gasteiger charge is -2.26. The predicted octanol–water partition coefficient (Wildman–Crippen LogP) is 19.4. The Hall–Kier alpha value is -9.06. The number of para-hydroxylation sites is 2. The SMILES string of the molecule is Cc1ccc(N(c2ccc(C)cc2)c2ccc3cc4c(cc3c2)oc2c4cc(N(c3ccccc3)c3ccccc3)c3oc4cc5cc(N(c6ccc(C)cc6)c6ccc(C)cc6)ccc5cc4c32)cc1. The second-order valence-electron chi connectivity index (χ2n) is 19.0. The van der Waals surface area contributed by atoms with E-state index in [-0.39, 0.29) is 0 Å². The lowest BCUT2D eigenvalue weighted by atomic mass is 10.0. The summed E-state index contributed by atoms with van der Waals surface area (Å²) in [7, 11) is 0. The summed E-state index contributed by atoms with van der Waals surface area (Å²) >= 11 is 0. The van der Waals surface area contributed by atoms with Crippen molar-refractivity contribution < 1.29 is 8.83 Å². The minimum atomic E-state index is 0.759. The van der Waals surface area contributed by atoms with E-state index >= 15 is 0 Å². The molecule has 0 N–H and O–H groups in total. The van der Waals surface area contributed by atoms with Crippen LogP contribution in [0.4, 0.5) is 51.2 Å². The van der Waals surface area contributed by atoms with Crippen LogP contribution in [0.25, 0.3) is 65.4 Å². The van der Waals surface area contributed by atoms with E-state index in [1.807, 2.05) is 0 Å². The van der Waals surface area contributed by atoms with Crippen molar-refractivity contribution in [2.75, 3.05) is 14.7 Å². The summed E-state index contributed by atoms with van der Waals surface area (Å²) in [6.07, 6.45) is 0. The minimum absolute atomic E-state index is 0.759. The molecule has 0 atom stereocenters. The maximum atomic E-state index is 7.21. The zero-order chi connectivity index (χ0) is 47.7. The van der Waals surface area contributed by atoms with Crippen LogP contribution in [-0.2, 0) is 0 Å². The summed E-state index contributed by atoms with van der Waals surface area (Å²) < 4.78 is 14.4. The first-order valence-electron chi connectivity index (χ1n) is 24.3. The van der Waals surface area contributed by atoms with Crippen molar-refractivity contribution in [2.45, 2.75) is 27.7 Å². The van der Waals surface area contributed by atoms with Crippen molar-refractivity contribution >= 4 is 117 Å². The first-order valence-corrected chi connectivity index (χ1v) is 24.3. The maximum absolute atomic E-state index is 7.21. The molecule has 0 aliphatic rings.